The number of carbonyl (C=O) groups excluding carboxylic acids is 1. The molecule has 0 aromatic rings. The van der Waals surface area contributed by atoms with Crippen molar-refractivity contribution in [1.82, 2.24) is 10.6 Å². The summed E-state index contributed by atoms with van der Waals surface area (Å²) in [5.41, 5.74) is 5.52. The van der Waals surface area contributed by atoms with Crippen molar-refractivity contribution in [1.29, 1.82) is 0 Å². The lowest BCUT2D eigenvalue weighted by Crippen LogP contribution is -2.57. The third kappa shape index (κ3) is 3.45. The first-order chi connectivity index (χ1) is 7.22. The zero-order valence-corrected chi connectivity index (χ0v) is 9.01. The van der Waals surface area contributed by atoms with Gasteiger partial charge in [-0.15, -0.1) is 6.42 Å². The predicted octanol–water partition coefficient (Wildman–Crippen LogP) is 0.580. The van der Waals surface area contributed by atoms with Gasteiger partial charge in [0.15, 0.2) is 0 Å². The second-order valence-corrected chi connectivity index (χ2v) is 4.06. The molecule has 4 N–H and O–H groups in total. The van der Waals surface area contributed by atoms with Crippen LogP contribution in [0, 0.1) is 12.3 Å². The normalized spacial score (nSPS) is 18.9. The molecule has 1 fully saturated rings. The number of rotatable bonds is 3. The van der Waals surface area contributed by atoms with E-state index in [2.05, 4.69) is 16.6 Å². The van der Waals surface area contributed by atoms with E-state index in [-0.39, 0.29) is 18.1 Å². The molecule has 0 aliphatic heterocycles. The van der Waals surface area contributed by atoms with E-state index >= 15 is 0 Å². The molecule has 4 heteroatoms. The Kier molecular flexibility index (Phi) is 4.44. The third-order valence-corrected chi connectivity index (χ3v) is 2.93. The zero-order chi connectivity index (χ0) is 11.1. The van der Waals surface area contributed by atoms with Crippen LogP contribution >= 0.6 is 0 Å². The molecule has 1 aliphatic carbocycles. The van der Waals surface area contributed by atoms with Crippen LogP contribution < -0.4 is 16.4 Å². The van der Waals surface area contributed by atoms with Crippen LogP contribution in [-0.2, 0) is 0 Å². The molecule has 84 valence electrons. The summed E-state index contributed by atoms with van der Waals surface area (Å²) in [4.78, 5) is 11.5. The lowest BCUT2D eigenvalue weighted by atomic mass is 9.82. The SMILES string of the molecule is C#CCNC(=O)NC1(CN)CCCCC1. The number of terminal acetylenes is 1. The van der Waals surface area contributed by atoms with Gasteiger partial charge in [-0.2, -0.15) is 0 Å². The van der Waals surface area contributed by atoms with Crippen LogP contribution in [0.1, 0.15) is 32.1 Å². The summed E-state index contributed by atoms with van der Waals surface area (Å²) in [7, 11) is 0. The molecule has 0 radical (unpaired) electrons. The molecule has 0 heterocycles. The quantitative estimate of drug-likeness (QED) is 0.595. The maximum atomic E-state index is 11.5. The third-order valence-electron chi connectivity index (χ3n) is 2.93. The Balaban J connectivity index is 2.44. The highest BCUT2D eigenvalue weighted by atomic mass is 16.2. The summed E-state index contributed by atoms with van der Waals surface area (Å²) in [5, 5.41) is 5.54. The van der Waals surface area contributed by atoms with Gasteiger partial charge in [0, 0.05) is 6.54 Å². The van der Waals surface area contributed by atoms with Crippen molar-refractivity contribution in [3.63, 3.8) is 0 Å². The molecule has 1 rings (SSSR count). The number of urea groups is 1. The van der Waals surface area contributed by atoms with Crippen molar-refractivity contribution in [2.75, 3.05) is 13.1 Å². The molecule has 0 aromatic heterocycles. The fraction of sp³-hybridized carbons (Fsp3) is 0.727. The molecule has 15 heavy (non-hydrogen) atoms. The van der Waals surface area contributed by atoms with Crippen LogP contribution in [-0.4, -0.2) is 24.7 Å². The average Bonchev–Trinajstić information content (AvgIpc) is 2.27. The minimum atomic E-state index is -0.211. The lowest BCUT2D eigenvalue weighted by Gasteiger charge is -2.36. The Labute approximate surface area is 91.0 Å². The minimum Gasteiger partial charge on any atom is -0.331 e. The molecule has 4 nitrogen and oxygen atoms in total. The summed E-state index contributed by atoms with van der Waals surface area (Å²) >= 11 is 0. The van der Waals surface area contributed by atoms with Gasteiger partial charge in [-0.25, -0.2) is 4.79 Å². The van der Waals surface area contributed by atoms with Crippen LogP contribution in [0.5, 0.6) is 0 Å². The maximum absolute atomic E-state index is 11.5. The first-order valence-corrected chi connectivity index (χ1v) is 5.42. The van der Waals surface area contributed by atoms with Gasteiger partial charge in [-0.05, 0) is 12.8 Å². The summed E-state index contributed by atoms with van der Waals surface area (Å²) in [6.07, 6.45) is 10.5. The van der Waals surface area contributed by atoms with Crippen molar-refractivity contribution >= 4 is 6.03 Å². The molecule has 0 aromatic carbocycles. The van der Waals surface area contributed by atoms with Crippen molar-refractivity contribution in [2.45, 2.75) is 37.6 Å². The standard InChI is InChI=1S/C11H19N3O/c1-2-8-13-10(15)14-11(9-12)6-4-3-5-7-11/h1H,3-9,12H2,(H2,13,14,15). The summed E-state index contributed by atoms with van der Waals surface area (Å²) in [6.45, 7) is 0.753. The van der Waals surface area contributed by atoms with Crippen LogP contribution in [0.15, 0.2) is 0 Å². The van der Waals surface area contributed by atoms with Gasteiger partial charge in [-0.3, -0.25) is 0 Å². The van der Waals surface area contributed by atoms with E-state index in [1.165, 1.54) is 6.42 Å². The Morgan fingerprint density at radius 2 is 2.07 bits per heavy atom. The van der Waals surface area contributed by atoms with E-state index in [1.807, 2.05) is 0 Å². The van der Waals surface area contributed by atoms with Gasteiger partial charge in [-0.1, -0.05) is 25.2 Å². The number of hydrogen-bond donors (Lipinski definition) is 3. The first kappa shape index (κ1) is 11.9. The molecule has 0 unspecified atom stereocenters. The van der Waals surface area contributed by atoms with Gasteiger partial charge in [0.2, 0.25) is 0 Å². The molecule has 2 amide bonds. The fourth-order valence-electron chi connectivity index (χ4n) is 2.03. The number of hydrogen-bond acceptors (Lipinski definition) is 2. The number of nitrogens with two attached hydrogens (primary N) is 1. The number of nitrogens with one attached hydrogen (secondary N) is 2. The topological polar surface area (TPSA) is 67.2 Å². The van der Waals surface area contributed by atoms with Crippen molar-refractivity contribution in [2.24, 2.45) is 5.73 Å². The van der Waals surface area contributed by atoms with Crippen LogP contribution in [0.2, 0.25) is 0 Å². The Morgan fingerprint density at radius 1 is 1.40 bits per heavy atom. The zero-order valence-electron chi connectivity index (χ0n) is 9.01. The molecule has 1 saturated carbocycles. The molecule has 0 saturated heterocycles. The first-order valence-electron chi connectivity index (χ1n) is 5.42. The van der Waals surface area contributed by atoms with Gasteiger partial charge >= 0.3 is 6.03 Å². The molecule has 0 atom stereocenters. The second-order valence-electron chi connectivity index (χ2n) is 4.06. The number of amides is 2. The van der Waals surface area contributed by atoms with E-state index in [9.17, 15) is 4.79 Å². The van der Waals surface area contributed by atoms with E-state index in [0.29, 0.717) is 6.54 Å². The lowest BCUT2D eigenvalue weighted by molar-refractivity contribution is 0.206. The molecular weight excluding hydrogens is 190 g/mol. The van der Waals surface area contributed by atoms with Gasteiger partial charge in [0.25, 0.3) is 0 Å². The molecular formula is C11H19N3O. The highest BCUT2D eigenvalue weighted by Gasteiger charge is 2.31. The maximum Gasteiger partial charge on any atom is 0.316 e. The van der Waals surface area contributed by atoms with Crippen LogP contribution in [0.3, 0.4) is 0 Å². The smallest absolute Gasteiger partial charge is 0.316 e. The summed E-state index contributed by atoms with van der Waals surface area (Å²) < 4.78 is 0. The highest BCUT2D eigenvalue weighted by Crippen LogP contribution is 2.26. The molecule has 0 bridgehead atoms. The van der Waals surface area contributed by atoms with E-state index in [0.717, 1.165) is 25.7 Å². The van der Waals surface area contributed by atoms with Crippen LogP contribution in [0.4, 0.5) is 4.79 Å². The largest absolute Gasteiger partial charge is 0.331 e. The monoisotopic (exact) mass is 209 g/mol. The van der Waals surface area contributed by atoms with Crippen molar-refractivity contribution < 1.29 is 4.79 Å². The summed E-state index contributed by atoms with van der Waals surface area (Å²) in [5.74, 6) is 2.36. The molecule has 1 aliphatic rings. The minimum absolute atomic E-state index is 0.208. The van der Waals surface area contributed by atoms with E-state index < -0.39 is 0 Å². The average molecular weight is 209 g/mol. The predicted molar refractivity (Wildman–Crippen MR) is 60.2 cm³/mol. The van der Waals surface area contributed by atoms with Gasteiger partial charge in [0.1, 0.15) is 0 Å². The Hall–Kier alpha value is -1.21. The fourth-order valence-corrected chi connectivity index (χ4v) is 2.03. The van der Waals surface area contributed by atoms with Gasteiger partial charge < -0.3 is 16.4 Å². The highest BCUT2D eigenvalue weighted by molar-refractivity contribution is 5.75. The number of carbonyl (C=O) groups is 1. The van der Waals surface area contributed by atoms with Crippen molar-refractivity contribution in [3.05, 3.63) is 0 Å². The molecule has 0 spiro atoms. The van der Waals surface area contributed by atoms with Crippen LogP contribution in [0.25, 0.3) is 0 Å². The summed E-state index contributed by atoms with van der Waals surface area (Å²) in [6, 6.07) is -0.208. The van der Waals surface area contributed by atoms with E-state index in [4.69, 9.17) is 12.2 Å². The van der Waals surface area contributed by atoms with Crippen molar-refractivity contribution in [3.8, 4) is 12.3 Å². The van der Waals surface area contributed by atoms with Gasteiger partial charge in [0.05, 0.1) is 12.1 Å². The Bertz CT molecular complexity index is 251. The van der Waals surface area contributed by atoms with E-state index in [1.54, 1.807) is 0 Å². The Morgan fingerprint density at radius 3 is 2.60 bits per heavy atom. The second kappa shape index (κ2) is 5.62.